The van der Waals surface area contributed by atoms with Crippen molar-refractivity contribution >= 4 is 0 Å². The molecule has 0 spiro atoms. The van der Waals surface area contributed by atoms with Gasteiger partial charge in [0, 0.05) is 19.6 Å². The molecular formula is C19H23F3N2. The lowest BCUT2D eigenvalue weighted by Crippen LogP contribution is -2.23. The van der Waals surface area contributed by atoms with Gasteiger partial charge < -0.3 is 5.32 Å². The van der Waals surface area contributed by atoms with E-state index in [0.717, 1.165) is 37.3 Å². The van der Waals surface area contributed by atoms with Gasteiger partial charge >= 0.3 is 0 Å². The summed E-state index contributed by atoms with van der Waals surface area (Å²) >= 11 is 0. The minimum absolute atomic E-state index is 0.272. The van der Waals surface area contributed by atoms with E-state index >= 15 is 0 Å². The molecule has 130 valence electrons. The van der Waals surface area contributed by atoms with Crippen LogP contribution >= 0.6 is 0 Å². The van der Waals surface area contributed by atoms with Crippen LogP contribution in [0.1, 0.15) is 30.5 Å². The quantitative estimate of drug-likeness (QED) is 0.726. The Bertz CT molecular complexity index is 646. The molecule has 2 aromatic carbocycles. The Hall–Kier alpha value is -1.85. The average molecular weight is 336 g/mol. The summed E-state index contributed by atoms with van der Waals surface area (Å²) < 4.78 is 39.4. The molecule has 0 radical (unpaired) electrons. The SMILES string of the molecule is CCN(CC)Cc1ccccc1CNCc1cc(F)c(F)c(F)c1. The van der Waals surface area contributed by atoms with Crippen molar-refractivity contribution in [3.8, 4) is 0 Å². The fraction of sp³-hybridized carbons (Fsp3) is 0.368. The van der Waals surface area contributed by atoms with E-state index in [1.165, 1.54) is 5.56 Å². The molecule has 5 heteroatoms. The predicted molar refractivity (Wildman–Crippen MR) is 89.9 cm³/mol. The summed E-state index contributed by atoms with van der Waals surface area (Å²) in [6, 6.07) is 10.2. The summed E-state index contributed by atoms with van der Waals surface area (Å²) in [4.78, 5) is 2.32. The summed E-state index contributed by atoms with van der Waals surface area (Å²) in [6.45, 7) is 7.93. The second-order valence-electron chi connectivity index (χ2n) is 5.71. The van der Waals surface area contributed by atoms with Crippen LogP contribution in [-0.4, -0.2) is 18.0 Å². The van der Waals surface area contributed by atoms with Crippen molar-refractivity contribution in [3.05, 3.63) is 70.5 Å². The highest BCUT2D eigenvalue weighted by Crippen LogP contribution is 2.15. The van der Waals surface area contributed by atoms with E-state index in [1.807, 2.05) is 18.2 Å². The molecular weight excluding hydrogens is 313 g/mol. The van der Waals surface area contributed by atoms with Crippen LogP contribution in [0.5, 0.6) is 0 Å². The first-order valence-corrected chi connectivity index (χ1v) is 8.18. The standard InChI is InChI=1S/C19H23F3N2/c1-3-24(4-2)13-16-8-6-5-7-15(16)12-23-11-14-9-17(20)19(22)18(21)10-14/h5-10,23H,3-4,11-13H2,1-2H3. The Morgan fingerprint density at radius 3 is 2.04 bits per heavy atom. The number of halogens is 3. The first-order valence-electron chi connectivity index (χ1n) is 8.18. The summed E-state index contributed by atoms with van der Waals surface area (Å²) in [6.07, 6.45) is 0. The van der Waals surface area contributed by atoms with Gasteiger partial charge in [0.25, 0.3) is 0 Å². The average Bonchev–Trinajstić information content (AvgIpc) is 2.58. The van der Waals surface area contributed by atoms with Crippen LogP contribution in [0.25, 0.3) is 0 Å². The van der Waals surface area contributed by atoms with Crippen molar-refractivity contribution in [2.45, 2.75) is 33.5 Å². The van der Waals surface area contributed by atoms with Crippen LogP contribution in [0.15, 0.2) is 36.4 Å². The van der Waals surface area contributed by atoms with E-state index < -0.39 is 17.5 Å². The van der Waals surface area contributed by atoms with Crippen LogP contribution in [-0.2, 0) is 19.6 Å². The highest BCUT2D eigenvalue weighted by Gasteiger charge is 2.10. The first-order chi connectivity index (χ1) is 11.5. The molecule has 2 rings (SSSR count). The number of benzene rings is 2. The highest BCUT2D eigenvalue weighted by atomic mass is 19.2. The normalized spacial score (nSPS) is 11.2. The molecule has 0 aliphatic heterocycles. The van der Waals surface area contributed by atoms with Gasteiger partial charge in [-0.15, -0.1) is 0 Å². The van der Waals surface area contributed by atoms with Crippen LogP contribution in [0.2, 0.25) is 0 Å². The molecule has 0 amide bonds. The van der Waals surface area contributed by atoms with Crippen molar-refractivity contribution in [2.75, 3.05) is 13.1 Å². The topological polar surface area (TPSA) is 15.3 Å². The lowest BCUT2D eigenvalue weighted by Gasteiger charge is -2.20. The Kier molecular flexibility index (Phi) is 6.82. The van der Waals surface area contributed by atoms with Crippen LogP contribution in [0, 0.1) is 17.5 Å². The van der Waals surface area contributed by atoms with Gasteiger partial charge in [-0.25, -0.2) is 13.2 Å². The third kappa shape index (κ3) is 4.82. The monoisotopic (exact) mass is 336 g/mol. The fourth-order valence-corrected chi connectivity index (χ4v) is 2.62. The summed E-state index contributed by atoms with van der Waals surface area (Å²) in [5, 5.41) is 3.17. The second kappa shape index (κ2) is 8.85. The molecule has 2 aromatic rings. The summed E-state index contributed by atoms with van der Waals surface area (Å²) in [5.74, 6) is -3.74. The Morgan fingerprint density at radius 1 is 0.875 bits per heavy atom. The van der Waals surface area contributed by atoms with E-state index in [2.05, 4.69) is 30.1 Å². The van der Waals surface area contributed by atoms with E-state index in [1.54, 1.807) is 0 Å². The number of rotatable bonds is 8. The lowest BCUT2D eigenvalue weighted by atomic mass is 10.1. The van der Waals surface area contributed by atoms with Crippen molar-refractivity contribution in [1.29, 1.82) is 0 Å². The largest absolute Gasteiger partial charge is 0.309 e. The van der Waals surface area contributed by atoms with E-state index in [0.29, 0.717) is 12.1 Å². The molecule has 1 N–H and O–H groups in total. The molecule has 24 heavy (non-hydrogen) atoms. The van der Waals surface area contributed by atoms with Gasteiger partial charge in [0.2, 0.25) is 0 Å². The maximum absolute atomic E-state index is 13.2. The van der Waals surface area contributed by atoms with Gasteiger partial charge in [0.1, 0.15) is 0 Å². The minimum atomic E-state index is -1.43. The first kappa shape index (κ1) is 18.5. The second-order valence-corrected chi connectivity index (χ2v) is 5.71. The molecule has 0 fully saturated rings. The van der Waals surface area contributed by atoms with Gasteiger partial charge in [0.05, 0.1) is 0 Å². The van der Waals surface area contributed by atoms with Gasteiger partial charge in [-0.05, 0) is 41.9 Å². The number of nitrogens with zero attached hydrogens (tertiary/aromatic N) is 1. The highest BCUT2D eigenvalue weighted by molar-refractivity contribution is 5.27. The Labute approximate surface area is 141 Å². The van der Waals surface area contributed by atoms with Crippen molar-refractivity contribution in [3.63, 3.8) is 0 Å². The smallest absolute Gasteiger partial charge is 0.194 e. The van der Waals surface area contributed by atoms with Crippen molar-refractivity contribution < 1.29 is 13.2 Å². The predicted octanol–water partition coefficient (Wildman–Crippen LogP) is 4.24. The summed E-state index contributed by atoms with van der Waals surface area (Å²) in [5.41, 5.74) is 2.75. The molecule has 0 atom stereocenters. The molecule has 0 aromatic heterocycles. The number of nitrogens with one attached hydrogen (secondary N) is 1. The zero-order chi connectivity index (χ0) is 17.5. The lowest BCUT2D eigenvalue weighted by molar-refractivity contribution is 0.294. The summed E-state index contributed by atoms with van der Waals surface area (Å²) in [7, 11) is 0. The van der Waals surface area contributed by atoms with Crippen LogP contribution in [0.3, 0.4) is 0 Å². The maximum atomic E-state index is 13.2. The number of hydrogen-bond donors (Lipinski definition) is 1. The zero-order valence-electron chi connectivity index (χ0n) is 14.1. The zero-order valence-corrected chi connectivity index (χ0v) is 14.1. The molecule has 0 saturated heterocycles. The minimum Gasteiger partial charge on any atom is -0.309 e. The van der Waals surface area contributed by atoms with E-state index in [4.69, 9.17) is 0 Å². The van der Waals surface area contributed by atoms with Gasteiger partial charge in [-0.1, -0.05) is 38.1 Å². The third-order valence-corrected chi connectivity index (χ3v) is 4.09. The van der Waals surface area contributed by atoms with E-state index in [-0.39, 0.29) is 6.54 Å². The Morgan fingerprint density at radius 2 is 1.46 bits per heavy atom. The van der Waals surface area contributed by atoms with Gasteiger partial charge in [-0.3, -0.25) is 4.90 Å². The van der Waals surface area contributed by atoms with Crippen molar-refractivity contribution in [2.24, 2.45) is 0 Å². The fourth-order valence-electron chi connectivity index (χ4n) is 2.62. The number of hydrogen-bond acceptors (Lipinski definition) is 2. The molecule has 0 heterocycles. The molecule has 2 nitrogen and oxygen atoms in total. The molecule has 0 saturated carbocycles. The molecule has 0 bridgehead atoms. The van der Waals surface area contributed by atoms with E-state index in [9.17, 15) is 13.2 Å². The van der Waals surface area contributed by atoms with Gasteiger partial charge in [0.15, 0.2) is 17.5 Å². The van der Waals surface area contributed by atoms with Crippen molar-refractivity contribution in [1.82, 2.24) is 10.2 Å². The van der Waals surface area contributed by atoms with Crippen LogP contribution < -0.4 is 5.32 Å². The molecule has 0 unspecified atom stereocenters. The van der Waals surface area contributed by atoms with Gasteiger partial charge in [-0.2, -0.15) is 0 Å². The third-order valence-electron chi connectivity index (χ3n) is 4.09. The molecule has 0 aliphatic carbocycles. The Balaban J connectivity index is 2.00. The van der Waals surface area contributed by atoms with Crippen LogP contribution in [0.4, 0.5) is 13.2 Å². The molecule has 0 aliphatic rings. The maximum Gasteiger partial charge on any atom is 0.194 e.